The largest absolute Gasteiger partial charge is 0.345 e. The normalized spacial score (nSPS) is 23.1. The van der Waals surface area contributed by atoms with Gasteiger partial charge in [-0.3, -0.25) is 4.79 Å². The minimum absolute atomic E-state index is 0.00789. The lowest BCUT2D eigenvalue weighted by Crippen LogP contribution is -2.49. The molecule has 0 N–H and O–H groups in total. The van der Waals surface area contributed by atoms with Gasteiger partial charge in [-0.25, -0.2) is 12.7 Å². The Morgan fingerprint density at radius 3 is 2.15 bits per heavy atom. The number of carbonyl (C=O) groups is 1. The zero-order chi connectivity index (χ0) is 19.8. The number of carbonyl (C=O) groups excluding carboxylic acids is 1. The molecule has 1 atom stereocenters. The molecule has 1 unspecified atom stereocenters. The van der Waals surface area contributed by atoms with Crippen LogP contribution < -0.4 is 0 Å². The zero-order valence-corrected chi connectivity index (χ0v) is 17.7. The minimum atomic E-state index is -3.38. The number of hydrogen-bond donors (Lipinski definition) is 0. The maximum Gasteiger partial charge on any atom is 0.229 e. The van der Waals surface area contributed by atoms with Crippen LogP contribution in [0.1, 0.15) is 52.5 Å². The Balaban J connectivity index is 0.000000791. The minimum Gasteiger partial charge on any atom is -0.345 e. The molecule has 0 aromatic heterocycles. The molecule has 1 spiro atoms. The number of amides is 1. The molecule has 0 bridgehead atoms. The average molecular weight is 383 g/mol. The summed E-state index contributed by atoms with van der Waals surface area (Å²) in [5.41, 5.74) is 0.300. The molecule has 148 valence electrons. The van der Waals surface area contributed by atoms with E-state index < -0.39 is 15.4 Å². The fourth-order valence-corrected chi connectivity index (χ4v) is 5.22. The summed E-state index contributed by atoms with van der Waals surface area (Å²) < 4.78 is 26.9. The molecular weight excluding hydrogens is 348 g/mol. The second-order valence-electron chi connectivity index (χ2n) is 6.44. The lowest BCUT2D eigenvalue weighted by Gasteiger charge is -2.38. The molecule has 1 aromatic carbocycles. The highest BCUT2D eigenvalue weighted by Crippen LogP contribution is 2.40. The molecule has 2 saturated heterocycles. The highest BCUT2D eigenvalue weighted by atomic mass is 32.2. The maximum atomic E-state index is 12.7. The topological polar surface area (TPSA) is 57.7 Å². The van der Waals surface area contributed by atoms with Crippen molar-refractivity contribution in [3.05, 3.63) is 35.9 Å². The molecule has 2 aliphatic heterocycles. The third-order valence-corrected chi connectivity index (χ3v) is 6.65. The Hall–Kier alpha value is -1.40. The smallest absolute Gasteiger partial charge is 0.229 e. The number of likely N-dealkylation sites (tertiary alicyclic amines) is 1. The molecule has 5 nitrogen and oxygen atoms in total. The van der Waals surface area contributed by atoms with Crippen molar-refractivity contribution in [3.63, 3.8) is 0 Å². The predicted molar refractivity (Wildman–Crippen MR) is 107 cm³/mol. The van der Waals surface area contributed by atoms with Crippen LogP contribution in [0.25, 0.3) is 0 Å². The van der Waals surface area contributed by atoms with Crippen LogP contribution >= 0.6 is 0 Å². The van der Waals surface area contributed by atoms with Crippen molar-refractivity contribution in [2.24, 2.45) is 5.41 Å². The molecule has 1 aromatic rings. The number of nitrogens with zero attached hydrogens (tertiary/aromatic N) is 2. The molecule has 0 saturated carbocycles. The molecule has 0 radical (unpaired) electrons. The third kappa shape index (κ3) is 5.07. The van der Waals surface area contributed by atoms with Gasteiger partial charge in [0.25, 0.3) is 0 Å². The zero-order valence-electron chi connectivity index (χ0n) is 16.9. The van der Waals surface area contributed by atoms with E-state index in [2.05, 4.69) is 0 Å². The first-order valence-electron chi connectivity index (χ1n) is 9.70. The van der Waals surface area contributed by atoms with Gasteiger partial charge in [-0.05, 0) is 24.8 Å². The summed E-state index contributed by atoms with van der Waals surface area (Å²) in [5.74, 6) is 0.112. The van der Waals surface area contributed by atoms with Gasteiger partial charge in [-0.1, -0.05) is 58.0 Å². The van der Waals surface area contributed by atoms with Gasteiger partial charge in [-0.2, -0.15) is 0 Å². The molecule has 2 aliphatic rings. The van der Waals surface area contributed by atoms with Crippen LogP contribution in [0.15, 0.2) is 30.3 Å². The van der Waals surface area contributed by atoms with Crippen molar-refractivity contribution >= 4 is 15.9 Å². The Bertz CT molecular complexity index is 657. The van der Waals surface area contributed by atoms with Gasteiger partial charge in [0.15, 0.2) is 0 Å². The second-order valence-corrected chi connectivity index (χ2v) is 8.40. The Morgan fingerprint density at radius 2 is 1.62 bits per heavy atom. The fourth-order valence-electron chi connectivity index (χ4n) is 3.58. The standard InChI is InChI=1S/C16H22N2O3S.2C2H6/c1-17-11-9-16(15(17)19)8-5-10-18(13-16)22(20,21)12-14-6-3-2-4-7-14;2*1-2/h2-4,6-7H,5,8-13H2,1H3;2*1-2H3. The quantitative estimate of drug-likeness (QED) is 0.804. The van der Waals surface area contributed by atoms with Crippen molar-refractivity contribution in [2.75, 3.05) is 26.7 Å². The predicted octanol–water partition coefficient (Wildman–Crippen LogP) is 3.51. The summed E-state index contributed by atoms with van der Waals surface area (Å²) in [6.07, 6.45) is 2.32. The Labute approximate surface area is 159 Å². The summed E-state index contributed by atoms with van der Waals surface area (Å²) in [5, 5.41) is 0. The van der Waals surface area contributed by atoms with Crippen LogP contribution in [0.3, 0.4) is 0 Å². The van der Waals surface area contributed by atoms with Crippen LogP contribution in [-0.2, 0) is 20.6 Å². The number of sulfonamides is 1. The Morgan fingerprint density at radius 1 is 1.00 bits per heavy atom. The van der Waals surface area contributed by atoms with Crippen molar-refractivity contribution in [1.29, 1.82) is 0 Å². The number of hydrogen-bond acceptors (Lipinski definition) is 3. The van der Waals surface area contributed by atoms with Crippen LogP contribution in [-0.4, -0.2) is 50.2 Å². The lowest BCUT2D eigenvalue weighted by atomic mass is 9.79. The first-order chi connectivity index (χ1) is 12.4. The van der Waals surface area contributed by atoms with E-state index in [9.17, 15) is 13.2 Å². The Kier molecular flexibility index (Phi) is 8.77. The summed E-state index contributed by atoms with van der Waals surface area (Å²) in [4.78, 5) is 14.1. The highest BCUT2D eigenvalue weighted by Gasteiger charge is 2.49. The number of rotatable bonds is 3. The van der Waals surface area contributed by atoms with Crippen molar-refractivity contribution in [1.82, 2.24) is 9.21 Å². The summed E-state index contributed by atoms with van der Waals surface area (Å²) in [7, 11) is -1.58. The first-order valence-corrected chi connectivity index (χ1v) is 11.3. The average Bonchev–Trinajstić information content (AvgIpc) is 2.94. The van der Waals surface area contributed by atoms with Crippen molar-refractivity contribution in [2.45, 2.75) is 52.7 Å². The summed E-state index contributed by atoms with van der Waals surface area (Å²) in [6.45, 7) is 9.59. The molecule has 2 heterocycles. The third-order valence-electron chi connectivity index (χ3n) is 4.85. The molecule has 26 heavy (non-hydrogen) atoms. The van der Waals surface area contributed by atoms with E-state index >= 15 is 0 Å². The van der Waals surface area contributed by atoms with Crippen LogP contribution in [0.5, 0.6) is 0 Å². The van der Waals surface area contributed by atoms with Gasteiger partial charge >= 0.3 is 0 Å². The molecule has 0 aliphatic carbocycles. The lowest BCUT2D eigenvalue weighted by molar-refractivity contribution is -0.136. The van der Waals surface area contributed by atoms with Gasteiger partial charge in [0.1, 0.15) is 0 Å². The van der Waals surface area contributed by atoms with E-state index in [1.165, 1.54) is 4.31 Å². The van der Waals surface area contributed by atoms with E-state index in [1.54, 1.807) is 11.9 Å². The SMILES string of the molecule is CC.CC.CN1CCC2(CCCN(S(=O)(=O)Cc3ccccc3)C2)C1=O. The molecule has 2 fully saturated rings. The second kappa shape index (κ2) is 10.1. The number of piperidine rings is 1. The van der Waals surface area contributed by atoms with E-state index in [0.29, 0.717) is 13.1 Å². The van der Waals surface area contributed by atoms with Gasteiger partial charge < -0.3 is 4.90 Å². The summed E-state index contributed by atoms with van der Waals surface area (Å²) in [6, 6.07) is 9.21. The van der Waals surface area contributed by atoms with E-state index in [4.69, 9.17) is 0 Å². The van der Waals surface area contributed by atoms with Gasteiger partial charge in [0.2, 0.25) is 15.9 Å². The van der Waals surface area contributed by atoms with E-state index in [0.717, 1.165) is 31.4 Å². The molecule has 1 amide bonds. The molecular formula is C20H34N2O3S. The van der Waals surface area contributed by atoms with Crippen LogP contribution in [0, 0.1) is 5.41 Å². The summed E-state index contributed by atoms with van der Waals surface area (Å²) >= 11 is 0. The van der Waals surface area contributed by atoms with Crippen molar-refractivity contribution in [3.8, 4) is 0 Å². The molecule has 6 heteroatoms. The first kappa shape index (κ1) is 22.6. The highest BCUT2D eigenvalue weighted by molar-refractivity contribution is 7.88. The van der Waals surface area contributed by atoms with Gasteiger partial charge in [-0.15, -0.1) is 0 Å². The van der Waals surface area contributed by atoms with Crippen LogP contribution in [0.2, 0.25) is 0 Å². The van der Waals surface area contributed by atoms with E-state index in [-0.39, 0.29) is 11.7 Å². The number of benzene rings is 1. The monoisotopic (exact) mass is 382 g/mol. The van der Waals surface area contributed by atoms with Crippen molar-refractivity contribution < 1.29 is 13.2 Å². The van der Waals surface area contributed by atoms with Gasteiger partial charge in [0, 0.05) is 26.7 Å². The maximum absolute atomic E-state index is 12.7. The van der Waals surface area contributed by atoms with Crippen LogP contribution in [0.4, 0.5) is 0 Å². The van der Waals surface area contributed by atoms with E-state index in [1.807, 2.05) is 58.0 Å². The molecule has 3 rings (SSSR count). The fraction of sp³-hybridized carbons (Fsp3) is 0.650. The van der Waals surface area contributed by atoms with Gasteiger partial charge in [0.05, 0.1) is 11.2 Å².